The zero-order valence-electron chi connectivity index (χ0n) is 16.4. The summed E-state index contributed by atoms with van der Waals surface area (Å²) < 4.78 is 17.8. The van der Waals surface area contributed by atoms with E-state index in [4.69, 9.17) is 14.0 Å². The van der Waals surface area contributed by atoms with Gasteiger partial charge in [-0.05, 0) is 43.7 Å². The van der Waals surface area contributed by atoms with Crippen LogP contribution in [0.15, 0.2) is 41.1 Å². The minimum atomic E-state index is -0.0635. The molecule has 1 N–H and O–H groups in total. The lowest BCUT2D eigenvalue weighted by Gasteiger charge is -2.12. The summed E-state index contributed by atoms with van der Waals surface area (Å²) in [6, 6.07) is 9.20. The maximum absolute atomic E-state index is 12.2. The first-order valence-corrected chi connectivity index (χ1v) is 9.06. The molecule has 0 bridgehead atoms. The average molecular weight is 384 g/mol. The maximum Gasteiger partial charge on any atom is 0.274 e. The Kier molecular flexibility index (Phi) is 5.98. The largest absolute Gasteiger partial charge is 0.493 e. The van der Waals surface area contributed by atoms with Gasteiger partial charge in [-0.3, -0.25) is 4.79 Å². The molecule has 1 atom stereocenters. The second-order valence-electron chi connectivity index (χ2n) is 6.39. The van der Waals surface area contributed by atoms with E-state index in [1.54, 1.807) is 30.9 Å². The first kappa shape index (κ1) is 19.5. The molecule has 8 nitrogen and oxygen atoms in total. The van der Waals surface area contributed by atoms with Crippen molar-refractivity contribution < 1.29 is 18.8 Å². The van der Waals surface area contributed by atoms with Gasteiger partial charge in [0.15, 0.2) is 11.5 Å². The van der Waals surface area contributed by atoms with Crippen molar-refractivity contribution in [2.75, 3.05) is 14.2 Å². The molecule has 0 aliphatic rings. The molecule has 1 aromatic carbocycles. The van der Waals surface area contributed by atoms with E-state index in [0.717, 1.165) is 12.0 Å². The number of aromatic nitrogens is 3. The van der Waals surface area contributed by atoms with Crippen molar-refractivity contribution in [3.05, 3.63) is 36.5 Å². The quantitative estimate of drug-likeness (QED) is 0.642. The number of amides is 1. The lowest BCUT2D eigenvalue weighted by atomic mass is 10.2. The topological polar surface area (TPSA) is 91.4 Å². The lowest BCUT2D eigenvalue weighted by Crippen LogP contribution is -2.34. The van der Waals surface area contributed by atoms with Crippen molar-refractivity contribution in [3.63, 3.8) is 0 Å². The summed E-state index contributed by atoms with van der Waals surface area (Å²) in [5, 5.41) is 7.01. The summed E-state index contributed by atoms with van der Waals surface area (Å²) in [4.78, 5) is 16.7. The molecule has 0 spiro atoms. The smallest absolute Gasteiger partial charge is 0.274 e. The highest BCUT2D eigenvalue weighted by Gasteiger charge is 2.17. The third-order valence-corrected chi connectivity index (χ3v) is 4.45. The van der Waals surface area contributed by atoms with E-state index >= 15 is 0 Å². The van der Waals surface area contributed by atoms with Crippen LogP contribution in [-0.2, 0) is 11.3 Å². The van der Waals surface area contributed by atoms with E-state index in [0.29, 0.717) is 28.9 Å². The highest BCUT2D eigenvalue weighted by atomic mass is 16.5. The third-order valence-electron chi connectivity index (χ3n) is 4.45. The zero-order chi connectivity index (χ0) is 20.1. The highest BCUT2D eigenvalue weighted by Crippen LogP contribution is 2.32. The van der Waals surface area contributed by atoms with Gasteiger partial charge >= 0.3 is 0 Å². The monoisotopic (exact) mass is 384 g/mol. The number of carbonyl (C=O) groups excluding carboxylic acids is 1. The molecule has 3 aromatic rings. The molecule has 3 rings (SSSR count). The Morgan fingerprint density at radius 1 is 1.25 bits per heavy atom. The number of ether oxygens (including phenoxy) is 2. The standard InChI is InChI=1S/C20H24N4O4/c1-5-13(2)21-18(25)12-24-10-6-7-15(24)20-22-19(23-28-20)14-8-9-16(26-3)17(11-14)27-4/h6-11,13H,5,12H2,1-4H3,(H,21,25)/t13-/m1/s1. The first-order valence-electron chi connectivity index (χ1n) is 9.06. The normalized spacial score (nSPS) is 11.9. The van der Waals surface area contributed by atoms with Crippen LogP contribution in [0.3, 0.4) is 0 Å². The Hall–Kier alpha value is -3.29. The average Bonchev–Trinajstić information content (AvgIpc) is 3.36. The number of carbonyl (C=O) groups is 1. The first-order chi connectivity index (χ1) is 13.5. The number of methoxy groups -OCH3 is 2. The van der Waals surface area contributed by atoms with Gasteiger partial charge in [-0.2, -0.15) is 4.98 Å². The number of nitrogens with zero attached hydrogens (tertiary/aromatic N) is 3. The van der Waals surface area contributed by atoms with Crippen LogP contribution in [0.4, 0.5) is 0 Å². The summed E-state index contributed by atoms with van der Waals surface area (Å²) in [6.07, 6.45) is 2.69. The predicted octanol–water partition coefficient (Wildman–Crippen LogP) is 3.14. The number of nitrogens with one attached hydrogen (secondary N) is 1. The van der Waals surface area contributed by atoms with E-state index in [1.807, 2.05) is 38.2 Å². The van der Waals surface area contributed by atoms with Gasteiger partial charge < -0.3 is 23.9 Å². The Morgan fingerprint density at radius 3 is 2.75 bits per heavy atom. The van der Waals surface area contributed by atoms with E-state index in [9.17, 15) is 4.79 Å². The van der Waals surface area contributed by atoms with Crippen LogP contribution >= 0.6 is 0 Å². The summed E-state index contributed by atoms with van der Waals surface area (Å²) >= 11 is 0. The van der Waals surface area contributed by atoms with Gasteiger partial charge in [0.05, 0.1) is 14.2 Å². The van der Waals surface area contributed by atoms with Gasteiger partial charge in [0, 0.05) is 17.8 Å². The van der Waals surface area contributed by atoms with Crippen molar-refractivity contribution in [3.8, 4) is 34.5 Å². The van der Waals surface area contributed by atoms with Gasteiger partial charge in [-0.25, -0.2) is 0 Å². The van der Waals surface area contributed by atoms with Gasteiger partial charge in [-0.1, -0.05) is 12.1 Å². The fraction of sp³-hybridized carbons (Fsp3) is 0.350. The van der Waals surface area contributed by atoms with Crippen molar-refractivity contribution >= 4 is 5.91 Å². The summed E-state index contributed by atoms with van der Waals surface area (Å²) in [6.45, 7) is 4.18. The Bertz CT molecular complexity index is 947. The minimum absolute atomic E-state index is 0.0635. The maximum atomic E-state index is 12.2. The second kappa shape index (κ2) is 8.60. The van der Waals surface area contributed by atoms with Crippen LogP contribution in [0.2, 0.25) is 0 Å². The molecular formula is C20H24N4O4. The SMILES string of the molecule is CC[C@@H](C)NC(=O)Cn1cccc1-c1nc(-c2ccc(OC)c(OC)c2)no1. The molecule has 148 valence electrons. The molecule has 0 aliphatic carbocycles. The number of hydrogen-bond acceptors (Lipinski definition) is 6. The highest BCUT2D eigenvalue weighted by molar-refractivity contribution is 5.76. The molecule has 0 unspecified atom stereocenters. The minimum Gasteiger partial charge on any atom is -0.493 e. The van der Waals surface area contributed by atoms with E-state index < -0.39 is 0 Å². The van der Waals surface area contributed by atoms with Gasteiger partial charge in [0.2, 0.25) is 11.7 Å². The van der Waals surface area contributed by atoms with Crippen molar-refractivity contribution in [2.24, 2.45) is 0 Å². The predicted molar refractivity (Wildman–Crippen MR) is 104 cm³/mol. The number of rotatable bonds is 8. The summed E-state index contributed by atoms with van der Waals surface area (Å²) in [7, 11) is 3.15. The van der Waals surface area contributed by atoms with E-state index in [2.05, 4.69) is 15.5 Å². The molecule has 28 heavy (non-hydrogen) atoms. The van der Waals surface area contributed by atoms with E-state index in [-0.39, 0.29) is 18.5 Å². The molecule has 1 amide bonds. The number of hydrogen-bond donors (Lipinski definition) is 1. The fourth-order valence-electron chi connectivity index (χ4n) is 2.74. The van der Waals surface area contributed by atoms with Crippen molar-refractivity contribution in [1.82, 2.24) is 20.0 Å². The van der Waals surface area contributed by atoms with Crippen LogP contribution in [0.5, 0.6) is 11.5 Å². The molecule has 2 heterocycles. The van der Waals surface area contributed by atoms with Gasteiger partial charge in [0.25, 0.3) is 5.89 Å². The van der Waals surface area contributed by atoms with Crippen LogP contribution in [0.25, 0.3) is 23.0 Å². The van der Waals surface area contributed by atoms with Crippen LogP contribution in [0.1, 0.15) is 20.3 Å². The Labute approximate surface area is 163 Å². The molecule has 0 saturated carbocycles. The third kappa shape index (κ3) is 4.16. The lowest BCUT2D eigenvalue weighted by molar-refractivity contribution is -0.122. The molecule has 0 aliphatic heterocycles. The molecule has 0 radical (unpaired) electrons. The van der Waals surface area contributed by atoms with Crippen LogP contribution in [-0.4, -0.2) is 40.9 Å². The van der Waals surface area contributed by atoms with Gasteiger partial charge in [-0.15, -0.1) is 0 Å². The molecular weight excluding hydrogens is 360 g/mol. The van der Waals surface area contributed by atoms with Crippen LogP contribution < -0.4 is 14.8 Å². The molecule has 0 saturated heterocycles. The number of benzene rings is 1. The van der Waals surface area contributed by atoms with Crippen molar-refractivity contribution in [2.45, 2.75) is 32.9 Å². The van der Waals surface area contributed by atoms with Crippen molar-refractivity contribution in [1.29, 1.82) is 0 Å². The second-order valence-corrected chi connectivity index (χ2v) is 6.39. The summed E-state index contributed by atoms with van der Waals surface area (Å²) in [5.41, 5.74) is 1.42. The zero-order valence-corrected chi connectivity index (χ0v) is 16.4. The Morgan fingerprint density at radius 2 is 2.04 bits per heavy atom. The fourth-order valence-corrected chi connectivity index (χ4v) is 2.74. The summed E-state index contributed by atoms with van der Waals surface area (Å²) in [5.74, 6) is 1.90. The molecule has 0 fully saturated rings. The van der Waals surface area contributed by atoms with E-state index in [1.165, 1.54) is 0 Å². The van der Waals surface area contributed by atoms with Gasteiger partial charge in [0.1, 0.15) is 12.2 Å². The molecule has 8 heteroatoms. The Balaban J connectivity index is 1.82. The van der Waals surface area contributed by atoms with Crippen LogP contribution in [0, 0.1) is 0 Å². The molecule has 2 aromatic heterocycles.